The van der Waals surface area contributed by atoms with Crippen molar-refractivity contribution in [2.45, 2.75) is 19.3 Å². The minimum Gasteiger partial charge on any atom is -0.480 e. The zero-order valence-electron chi connectivity index (χ0n) is 10.6. The molecular formula is C14H20N2O. The minimum absolute atomic E-state index is 0.425. The van der Waals surface area contributed by atoms with Crippen LogP contribution in [0.4, 0.5) is 0 Å². The molecule has 1 heterocycles. The number of nitrogens with zero attached hydrogens (tertiary/aromatic N) is 2. The Hall–Kier alpha value is -1.51. The minimum atomic E-state index is 0.425. The second-order valence-corrected chi connectivity index (χ2v) is 4.66. The van der Waals surface area contributed by atoms with Crippen LogP contribution in [-0.4, -0.2) is 31.6 Å². The Kier molecular flexibility index (Phi) is 4.02. The SMILES string of the molecule is CN(C)/N=C1\OCCCC1Cc1ccccc1. The third-order valence-corrected chi connectivity index (χ3v) is 2.92. The first kappa shape index (κ1) is 12.0. The van der Waals surface area contributed by atoms with Gasteiger partial charge in [-0.3, -0.25) is 5.01 Å². The number of hydrogen-bond acceptors (Lipinski definition) is 3. The molecule has 1 saturated heterocycles. The van der Waals surface area contributed by atoms with Crippen LogP contribution in [0, 0.1) is 5.92 Å². The second kappa shape index (κ2) is 5.71. The lowest BCUT2D eigenvalue weighted by Crippen LogP contribution is -2.28. The lowest BCUT2D eigenvalue weighted by molar-refractivity contribution is 0.216. The highest BCUT2D eigenvalue weighted by molar-refractivity contribution is 5.79. The van der Waals surface area contributed by atoms with Gasteiger partial charge in [-0.15, -0.1) is 5.10 Å². The third-order valence-electron chi connectivity index (χ3n) is 2.92. The normalized spacial score (nSPS) is 22.2. The summed E-state index contributed by atoms with van der Waals surface area (Å²) in [5.74, 6) is 1.32. The van der Waals surface area contributed by atoms with Gasteiger partial charge in [0.25, 0.3) is 0 Å². The molecule has 0 radical (unpaired) electrons. The van der Waals surface area contributed by atoms with E-state index >= 15 is 0 Å². The van der Waals surface area contributed by atoms with E-state index in [9.17, 15) is 0 Å². The van der Waals surface area contributed by atoms with Gasteiger partial charge in [-0.2, -0.15) is 0 Å². The lowest BCUT2D eigenvalue weighted by atomic mass is 9.93. The van der Waals surface area contributed by atoms with E-state index in [4.69, 9.17) is 4.74 Å². The molecule has 0 amide bonds. The quantitative estimate of drug-likeness (QED) is 0.748. The first-order valence-electron chi connectivity index (χ1n) is 6.18. The van der Waals surface area contributed by atoms with Crippen LogP contribution in [-0.2, 0) is 11.2 Å². The van der Waals surface area contributed by atoms with E-state index < -0.39 is 0 Å². The van der Waals surface area contributed by atoms with Crippen molar-refractivity contribution in [1.29, 1.82) is 0 Å². The molecule has 92 valence electrons. The van der Waals surface area contributed by atoms with Gasteiger partial charge in [-0.25, -0.2) is 0 Å². The summed E-state index contributed by atoms with van der Waals surface area (Å²) in [6.07, 6.45) is 3.32. The summed E-state index contributed by atoms with van der Waals surface area (Å²) in [6, 6.07) is 10.6. The first-order valence-corrected chi connectivity index (χ1v) is 6.18. The largest absolute Gasteiger partial charge is 0.480 e. The van der Waals surface area contributed by atoms with E-state index in [0.29, 0.717) is 5.92 Å². The highest BCUT2D eigenvalue weighted by Gasteiger charge is 2.22. The van der Waals surface area contributed by atoms with Crippen molar-refractivity contribution in [3.8, 4) is 0 Å². The summed E-state index contributed by atoms with van der Waals surface area (Å²) in [5, 5.41) is 6.26. The second-order valence-electron chi connectivity index (χ2n) is 4.66. The Bertz CT molecular complexity index is 373. The fraction of sp³-hybridized carbons (Fsp3) is 0.500. The molecule has 0 bridgehead atoms. The van der Waals surface area contributed by atoms with Gasteiger partial charge >= 0.3 is 0 Å². The van der Waals surface area contributed by atoms with Crippen molar-refractivity contribution >= 4 is 5.90 Å². The summed E-state index contributed by atoms with van der Waals surface area (Å²) in [4.78, 5) is 0. The summed E-state index contributed by atoms with van der Waals surface area (Å²) >= 11 is 0. The maximum Gasteiger partial charge on any atom is 0.209 e. The molecule has 0 N–H and O–H groups in total. The zero-order chi connectivity index (χ0) is 12.1. The smallest absolute Gasteiger partial charge is 0.209 e. The molecule has 1 aliphatic rings. The molecule has 3 heteroatoms. The monoisotopic (exact) mass is 232 g/mol. The number of hydrogen-bond donors (Lipinski definition) is 0. The standard InChI is InChI=1S/C14H20N2O/c1-16(2)15-14-13(9-6-10-17-14)11-12-7-4-3-5-8-12/h3-5,7-8,13H,6,9-11H2,1-2H3/b15-14-. The van der Waals surface area contributed by atoms with Gasteiger partial charge in [-0.05, 0) is 24.8 Å². The predicted octanol–water partition coefficient (Wildman–Crippen LogP) is 2.53. The summed E-state index contributed by atoms with van der Waals surface area (Å²) < 4.78 is 5.68. The molecule has 1 fully saturated rings. The van der Waals surface area contributed by atoms with Gasteiger partial charge in [0, 0.05) is 20.0 Å². The summed E-state index contributed by atoms with van der Waals surface area (Å²) in [7, 11) is 3.87. The Labute approximate surface area is 103 Å². The number of rotatable bonds is 3. The Morgan fingerprint density at radius 2 is 2.06 bits per heavy atom. The molecule has 17 heavy (non-hydrogen) atoms. The van der Waals surface area contributed by atoms with Crippen LogP contribution in [0.2, 0.25) is 0 Å². The van der Waals surface area contributed by atoms with Crippen molar-refractivity contribution in [3.05, 3.63) is 35.9 Å². The number of benzene rings is 1. The Morgan fingerprint density at radius 3 is 2.76 bits per heavy atom. The van der Waals surface area contributed by atoms with Crippen molar-refractivity contribution in [1.82, 2.24) is 5.01 Å². The van der Waals surface area contributed by atoms with Crippen LogP contribution in [0.25, 0.3) is 0 Å². The van der Waals surface area contributed by atoms with Crippen molar-refractivity contribution in [2.24, 2.45) is 11.0 Å². The van der Waals surface area contributed by atoms with Crippen LogP contribution in [0.15, 0.2) is 35.4 Å². The van der Waals surface area contributed by atoms with Crippen LogP contribution < -0.4 is 0 Å². The Balaban J connectivity index is 2.07. The number of hydrazone groups is 1. The van der Waals surface area contributed by atoms with Crippen LogP contribution in [0.5, 0.6) is 0 Å². The number of ether oxygens (including phenoxy) is 1. The molecule has 0 aromatic heterocycles. The molecule has 1 aromatic carbocycles. The van der Waals surface area contributed by atoms with Crippen LogP contribution >= 0.6 is 0 Å². The van der Waals surface area contributed by atoms with Crippen LogP contribution in [0.1, 0.15) is 18.4 Å². The maximum absolute atomic E-state index is 5.68. The third kappa shape index (κ3) is 3.48. The Morgan fingerprint density at radius 1 is 1.29 bits per heavy atom. The molecule has 0 spiro atoms. The topological polar surface area (TPSA) is 24.8 Å². The molecule has 1 aliphatic heterocycles. The average molecular weight is 232 g/mol. The highest BCUT2D eigenvalue weighted by atomic mass is 16.5. The van der Waals surface area contributed by atoms with E-state index in [2.05, 4.69) is 35.4 Å². The molecule has 1 aromatic rings. The van der Waals surface area contributed by atoms with Crippen molar-refractivity contribution in [3.63, 3.8) is 0 Å². The van der Waals surface area contributed by atoms with E-state index in [1.165, 1.54) is 12.0 Å². The van der Waals surface area contributed by atoms with E-state index in [1.807, 2.05) is 19.1 Å². The molecular weight excluding hydrogens is 212 g/mol. The van der Waals surface area contributed by atoms with E-state index in [1.54, 1.807) is 0 Å². The summed E-state index contributed by atoms with van der Waals surface area (Å²) in [6.45, 7) is 0.804. The lowest BCUT2D eigenvalue weighted by Gasteiger charge is -2.25. The van der Waals surface area contributed by atoms with Gasteiger partial charge in [0.2, 0.25) is 5.90 Å². The zero-order valence-corrected chi connectivity index (χ0v) is 10.6. The van der Waals surface area contributed by atoms with E-state index in [-0.39, 0.29) is 0 Å². The van der Waals surface area contributed by atoms with Crippen molar-refractivity contribution in [2.75, 3.05) is 20.7 Å². The van der Waals surface area contributed by atoms with Gasteiger partial charge < -0.3 is 4.74 Å². The fourth-order valence-corrected chi connectivity index (χ4v) is 2.14. The van der Waals surface area contributed by atoms with Gasteiger partial charge in [0.15, 0.2) is 0 Å². The molecule has 3 nitrogen and oxygen atoms in total. The van der Waals surface area contributed by atoms with Gasteiger partial charge in [0.1, 0.15) is 0 Å². The van der Waals surface area contributed by atoms with Gasteiger partial charge in [0.05, 0.1) is 6.61 Å². The van der Waals surface area contributed by atoms with E-state index in [0.717, 1.165) is 25.3 Å². The average Bonchev–Trinajstić information content (AvgIpc) is 2.32. The maximum atomic E-state index is 5.68. The molecule has 1 atom stereocenters. The van der Waals surface area contributed by atoms with Crippen molar-refractivity contribution < 1.29 is 4.74 Å². The van der Waals surface area contributed by atoms with Gasteiger partial charge in [-0.1, -0.05) is 30.3 Å². The predicted molar refractivity (Wildman–Crippen MR) is 69.9 cm³/mol. The first-order chi connectivity index (χ1) is 8.25. The summed E-state index contributed by atoms with van der Waals surface area (Å²) in [5.41, 5.74) is 1.36. The molecule has 2 rings (SSSR count). The molecule has 1 unspecified atom stereocenters. The molecule has 0 aliphatic carbocycles. The molecule has 0 saturated carbocycles. The fourth-order valence-electron chi connectivity index (χ4n) is 2.14. The highest BCUT2D eigenvalue weighted by Crippen LogP contribution is 2.21. The van der Waals surface area contributed by atoms with Crippen LogP contribution in [0.3, 0.4) is 0 Å².